The van der Waals surface area contributed by atoms with Crippen molar-refractivity contribution in [2.24, 2.45) is 4.99 Å². The number of ether oxygens (including phenoxy) is 3. The summed E-state index contributed by atoms with van der Waals surface area (Å²) < 4.78 is 16.0. The Morgan fingerprint density at radius 1 is 1.06 bits per heavy atom. The Balaban J connectivity index is 2.81. The summed E-state index contributed by atoms with van der Waals surface area (Å²) in [6.07, 6.45) is 3.04. The molecule has 16 heavy (non-hydrogen) atoms. The van der Waals surface area contributed by atoms with Gasteiger partial charge in [0.15, 0.2) is 11.5 Å². The highest BCUT2D eigenvalue weighted by atomic mass is 16.5. The molecule has 0 saturated carbocycles. The van der Waals surface area contributed by atoms with E-state index in [9.17, 15) is 0 Å². The summed E-state index contributed by atoms with van der Waals surface area (Å²) in [5, 5.41) is 1.90. The quantitative estimate of drug-likeness (QED) is 0.747. The Morgan fingerprint density at radius 3 is 2.44 bits per heavy atom. The Hall–Kier alpha value is -1.71. The molecule has 86 valence electrons. The maximum Gasteiger partial charge on any atom is 0.204 e. The van der Waals surface area contributed by atoms with Crippen LogP contribution in [0.15, 0.2) is 11.1 Å². The topological polar surface area (TPSA) is 40.0 Å². The van der Waals surface area contributed by atoms with Crippen molar-refractivity contribution in [3.8, 4) is 17.2 Å². The highest BCUT2D eigenvalue weighted by Gasteiger charge is 2.15. The smallest absolute Gasteiger partial charge is 0.204 e. The maximum atomic E-state index is 5.38. The number of rotatable bonds is 3. The summed E-state index contributed by atoms with van der Waals surface area (Å²) >= 11 is 0. The fourth-order valence-electron chi connectivity index (χ4n) is 1.89. The molecule has 1 aliphatic rings. The normalized spacial score (nSPS) is 13.2. The molecule has 0 saturated heterocycles. The molecule has 0 aliphatic carbocycles. The van der Waals surface area contributed by atoms with E-state index in [2.05, 4.69) is 11.1 Å². The molecule has 0 atom stereocenters. The van der Waals surface area contributed by atoms with Gasteiger partial charge in [0.25, 0.3) is 0 Å². The summed E-state index contributed by atoms with van der Waals surface area (Å²) in [4.78, 5) is 4.44. The molecule has 2 rings (SSSR count). The number of fused-ring (bicyclic) bond motifs is 1. The van der Waals surface area contributed by atoms with Crippen LogP contribution in [0.3, 0.4) is 0 Å². The van der Waals surface area contributed by atoms with Crippen LogP contribution in [-0.2, 0) is 0 Å². The Labute approximate surface area is 94.2 Å². The molecule has 0 bridgehead atoms. The van der Waals surface area contributed by atoms with Crippen molar-refractivity contribution < 1.29 is 14.2 Å². The standard InChI is InChI=1S/C12H15NO3/c1-14-10-7-9-8(5-4-6-13-9)11(15-2)12(10)16-3/h5,7H,4,6H2,1-3H3. The first-order valence-corrected chi connectivity index (χ1v) is 5.15. The third-order valence-electron chi connectivity index (χ3n) is 2.61. The highest BCUT2D eigenvalue weighted by molar-refractivity contribution is 5.54. The van der Waals surface area contributed by atoms with Crippen LogP contribution in [0, 0.1) is 0 Å². The molecule has 4 nitrogen and oxygen atoms in total. The second kappa shape index (κ2) is 4.43. The lowest BCUT2D eigenvalue weighted by Crippen LogP contribution is -2.30. The number of nitrogens with zero attached hydrogens (tertiary/aromatic N) is 1. The molecular formula is C12H15NO3. The van der Waals surface area contributed by atoms with Crippen molar-refractivity contribution in [1.29, 1.82) is 0 Å². The van der Waals surface area contributed by atoms with Crippen LogP contribution in [0.4, 0.5) is 0 Å². The summed E-state index contributed by atoms with van der Waals surface area (Å²) in [6.45, 7) is 0.811. The minimum Gasteiger partial charge on any atom is -0.493 e. The van der Waals surface area contributed by atoms with E-state index in [1.54, 1.807) is 21.3 Å². The van der Waals surface area contributed by atoms with E-state index < -0.39 is 0 Å². The molecule has 0 amide bonds. The van der Waals surface area contributed by atoms with Crippen LogP contribution in [0.25, 0.3) is 6.08 Å². The molecule has 0 aromatic heterocycles. The molecule has 1 heterocycles. The molecule has 1 aromatic carbocycles. The maximum absolute atomic E-state index is 5.38. The van der Waals surface area contributed by atoms with Crippen molar-refractivity contribution in [2.75, 3.05) is 27.9 Å². The Kier molecular flexibility index (Phi) is 2.99. The molecule has 0 fully saturated rings. The van der Waals surface area contributed by atoms with Gasteiger partial charge in [-0.2, -0.15) is 0 Å². The zero-order chi connectivity index (χ0) is 11.5. The molecule has 4 heteroatoms. The van der Waals surface area contributed by atoms with Crippen LogP contribution < -0.4 is 24.8 Å². The monoisotopic (exact) mass is 221 g/mol. The Bertz CT molecular complexity index is 508. The number of hydrogen-bond donors (Lipinski definition) is 0. The SMILES string of the molecule is COc1cc2c(c(OC)c1OC)=CCCN=2. The van der Waals surface area contributed by atoms with Crippen LogP contribution >= 0.6 is 0 Å². The Morgan fingerprint density at radius 2 is 1.81 bits per heavy atom. The number of methoxy groups -OCH3 is 3. The number of hydrogen-bond acceptors (Lipinski definition) is 4. The van der Waals surface area contributed by atoms with Gasteiger partial charge in [0, 0.05) is 17.8 Å². The van der Waals surface area contributed by atoms with Crippen molar-refractivity contribution in [3.63, 3.8) is 0 Å². The van der Waals surface area contributed by atoms with Gasteiger partial charge in [-0.05, 0) is 6.42 Å². The second-order valence-electron chi connectivity index (χ2n) is 3.45. The second-order valence-corrected chi connectivity index (χ2v) is 3.45. The fourth-order valence-corrected chi connectivity index (χ4v) is 1.89. The predicted octanol–water partition coefficient (Wildman–Crippen LogP) is 0.516. The summed E-state index contributed by atoms with van der Waals surface area (Å²) in [5.41, 5.74) is 0. The largest absolute Gasteiger partial charge is 0.493 e. The van der Waals surface area contributed by atoms with Gasteiger partial charge in [-0.25, -0.2) is 0 Å². The van der Waals surface area contributed by atoms with Crippen LogP contribution in [0.5, 0.6) is 17.2 Å². The minimum absolute atomic E-state index is 0.622. The average molecular weight is 221 g/mol. The zero-order valence-electron chi connectivity index (χ0n) is 9.74. The van der Waals surface area contributed by atoms with Gasteiger partial charge in [-0.15, -0.1) is 0 Å². The lowest BCUT2D eigenvalue weighted by Gasteiger charge is -2.14. The van der Waals surface area contributed by atoms with Crippen LogP contribution in [0.1, 0.15) is 6.42 Å². The van der Waals surface area contributed by atoms with E-state index in [-0.39, 0.29) is 0 Å². The summed E-state index contributed by atoms with van der Waals surface area (Å²) in [5.74, 6) is 1.97. The van der Waals surface area contributed by atoms with Crippen molar-refractivity contribution in [1.82, 2.24) is 0 Å². The van der Waals surface area contributed by atoms with E-state index in [0.717, 1.165) is 23.5 Å². The molecule has 0 N–H and O–H groups in total. The first-order chi connectivity index (χ1) is 7.81. The molecule has 0 radical (unpaired) electrons. The lowest BCUT2D eigenvalue weighted by molar-refractivity contribution is 0.321. The fraction of sp³-hybridized carbons (Fsp3) is 0.417. The minimum atomic E-state index is 0.622. The van der Waals surface area contributed by atoms with Gasteiger partial charge in [-0.1, -0.05) is 6.08 Å². The molecule has 1 aromatic rings. The first kappa shape index (κ1) is 10.8. The molecule has 0 unspecified atom stereocenters. The van der Waals surface area contributed by atoms with E-state index in [0.29, 0.717) is 17.2 Å². The van der Waals surface area contributed by atoms with Gasteiger partial charge in [0.05, 0.1) is 26.7 Å². The first-order valence-electron chi connectivity index (χ1n) is 5.15. The van der Waals surface area contributed by atoms with E-state index in [4.69, 9.17) is 14.2 Å². The van der Waals surface area contributed by atoms with Gasteiger partial charge in [-0.3, -0.25) is 4.99 Å². The number of benzene rings is 1. The van der Waals surface area contributed by atoms with Crippen LogP contribution in [0.2, 0.25) is 0 Å². The predicted molar refractivity (Wildman–Crippen MR) is 60.8 cm³/mol. The van der Waals surface area contributed by atoms with Crippen molar-refractivity contribution >= 4 is 6.08 Å². The van der Waals surface area contributed by atoms with E-state index >= 15 is 0 Å². The third-order valence-corrected chi connectivity index (χ3v) is 2.61. The van der Waals surface area contributed by atoms with E-state index in [1.807, 2.05) is 6.07 Å². The summed E-state index contributed by atoms with van der Waals surface area (Å²) in [7, 11) is 4.84. The average Bonchev–Trinajstić information content (AvgIpc) is 2.36. The van der Waals surface area contributed by atoms with Crippen molar-refractivity contribution in [3.05, 3.63) is 16.6 Å². The van der Waals surface area contributed by atoms with E-state index in [1.165, 1.54) is 0 Å². The molecule has 1 aliphatic heterocycles. The zero-order valence-corrected chi connectivity index (χ0v) is 9.74. The van der Waals surface area contributed by atoms with Gasteiger partial charge >= 0.3 is 0 Å². The van der Waals surface area contributed by atoms with Gasteiger partial charge in [0.2, 0.25) is 5.75 Å². The third kappa shape index (κ3) is 1.60. The van der Waals surface area contributed by atoms with Crippen molar-refractivity contribution in [2.45, 2.75) is 6.42 Å². The summed E-state index contributed by atoms with van der Waals surface area (Å²) in [6, 6.07) is 1.88. The molecular weight excluding hydrogens is 206 g/mol. The van der Waals surface area contributed by atoms with Gasteiger partial charge in [0.1, 0.15) is 0 Å². The molecule has 0 spiro atoms. The highest BCUT2D eigenvalue weighted by Crippen LogP contribution is 2.32. The van der Waals surface area contributed by atoms with Crippen LogP contribution in [-0.4, -0.2) is 27.9 Å². The van der Waals surface area contributed by atoms with Gasteiger partial charge < -0.3 is 14.2 Å². The lowest BCUT2D eigenvalue weighted by atomic mass is 10.1.